The second kappa shape index (κ2) is 5.26. The molecule has 1 N–H and O–H groups in total. The number of rotatable bonds is 3. The molecule has 0 aliphatic heterocycles. The molecule has 0 aliphatic carbocycles. The Morgan fingerprint density at radius 1 is 1.10 bits per heavy atom. The third kappa shape index (κ3) is 2.78. The zero-order chi connectivity index (χ0) is 14.9. The molecule has 0 bridgehead atoms. The van der Waals surface area contributed by atoms with Crippen molar-refractivity contribution < 1.29 is 9.50 Å². The Morgan fingerprint density at radius 2 is 1.81 bits per heavy atom. The molecule has 3 rings (SSSR count). The number of hydrogen-bond acceptors (Lipinski definition) is 2. The van der Waals surface area contributed by atoms with E-state index in [0.29, 0.717) is 11.1 Å². The second-order valence-corrected chi connectivity index (χ2v) is 5.46. The molecule has 3 heteroatoms. The molecular formula is C18H16FNO. The van der Waals surface area contributed by atoms with Crippen molar-refractivity contribution in [3.63, 3.8) is 0 Å². The van der Waals surface area contributed by atoms with Gasteiger partial charge in [0.15, 0.2) is 0 Å². The summed E-state index contributed by atoms with van der Waals surface area (Å²) in [5.74, 6) is -0.300. The Bertz CT molecular complexity index is 783. The predicted octanol–water partition coefficient (Wildman–Crippen LogP) is 3.82. The Hall–Kier alpha value is -2.26. The maximum absolute atomic E-state index is 13.8. The summed E-state index contributed by atoms with van der Waals surface area (Å²) in [5.41, 5.74) is 0.891. The predicted molar refractivity (Wildman–Crippen MR) is 81.4 cm³/mol. The van der Waals surface area contributed by atoms with Gasteiger partial charge in [-0.15, -0.1) is 0 Å². The van der Waals surface area contributed by atoms with Crippen LogP contribution in [0.1, 0.15) is 18.1 Å². The van der Waals surface area contributed by atoms with E-state index in [2.05, 4.69) is 4.98 Å². The van der Waals surface area contributed by atoms with Crippen LogP contribution in [0.5, 0.6) is 0 Å². The van der Waals surface area contributed by atoms with Crippen molar-refractivity contribution in [1.29, 1.82) is 0 Å². The highest BCUT2D eigenvalue weighted by Crippen LogP contribution is 2.27. The van der Waals surface area contributed by atoms with E-state index in [9.17, 15) is 9.50 Å². The number of aromatic nitrogens is 1. The summed E-state index contributed by atoms with van der Waals surface area (Å²) >= 11 is 0. The summed E-state index contributed by atoms with van der Waals surface area (Å²) in [6, 6.07) is 16.1. The minimum Gasteiger partial charge on any atom is -0.385 e. The van der Waals surface area contributed by atoms with Crippen molar-refractivity contribution in [2.45, 2.75) is 18.9 Å². The monoisotopic (exact) mass is 281 g/mol. The van der Waals surface area contributed by atoms with Gasteiger partial charge in [-0.3, -0.25) is 4.98 Å². The van der Waals surface area contributed by atoms with Gasteiger partial charge in [-0.25, -0.2) is 4.39 Å². The van der Waals surface area contributed by atoms with Gasteiger partial charge in [0.25, 0.3) is 0 Å². The smallest absolute Gasteiger partial charge is 0.126 e. The minimum absolute atomic E-state index is 0.208. The first-order valence-corrected chi connectivity index (χ1v) is 6.87. The number of aliphatic hydroxyl groups is 1. The zero-order valence-electron chi connectivity index (χ0n) is 11.8. The molecule has 0 saturated carbocycles. The van der Waals surface area contributed by atoms with Gasteiger partial charge < -0.3 is 5.11 Å². The van der Waals surface area contributed by atoms with Gasteiger partial charge in [0.05, 0.1) is 11.1 Å². The molecular weight excluding hydrogens is 265 g/mol. The van der Waals surface area contributed by atoms with Crippen LogP contribution >= 0.6 is 0 Å². The highest BCUT2D eigenvalue weighted by atomic mass is 19.1. The van der Waals surface area contributed by atoms with E-state index in [4.69, 9.17) is 0 Å². The lowest BCUT2D eigenvalue weighted by atomic mass is 9.89. The lowest BCUT2D eigenvalue weighted by Gasteiger charge is -2.24. The summed E-state index contributed by atoms with van der Waals surface area (Å²) in [4.78, 5) is 4.36. The minimum atomic E-state index is -1.17. The Balaban J connectivity index is 1.97. The summed E-state index contributed by atoms with van der Waals surface area (Å²) in [6.45, 7) is 1.69. The maximum Gasteiger partial charge on any atom is 0.126 e. The highest BCUT2D eigenvalue weighted by molar-refractivity contribution is 5.78. The molecule has 21 heavy (non-hydrogen) atoms. The molecule has 0 fully saturated rings. The van der Waals surface area contributed by atoms with E-state index in [0.717, 1.165) is 10.9 Å². The molecule has 0 amide bonds. The molecule has 1 unspecified atom stereocenters. The third-order valence-corrected chi connectivity index (χ3v) is 3.70. The molecule has 106 valence electrons. The van der Waals surface area contributed by atoms with E-state index in [-0.39, 0.29) is 12.2 Å². The first kappa shape index (κ1) is 13.7. The molecule has 0 aliphatic rings. The second-order valence-electron chi connectivity index (χ2n) is 5.46. The summed E-state index contributed by atoms with van der Waals surface area (Å²) in [6.07, 6.45) is 1.86. The molecule has 1 heterocycles. The van der Waals surface area contributed by atoms with Crippen LogP contribution in [0.4, 0.5) is 4.39 Å². The van der Waals surface area contributed by atoms with Gasteiger partial charge in [0, 0.05) is 23.6 Å². The molecule has 1 atom stereocenters. The highest BCUT2D eigenvalue weighted by Gasteiger charge is 2.25. The fourth-order valence-electron chi connectivity index (χ4n) is 2.48. The van der Waals surface area contributed by atoms with Gasteiger partial charge in [-0.2, -0.15) is 0 Å². The molecule has 0 spiro atoms. The normalized spacial score (nSPS) is 14.0. The van der Waals surface area contributed by atoms with Crippen LogP contribution < -0.4 is 0 Å². The van der Waals surface area contributed by atoms with Crippen LogP contribution in [0.25, 0.3) is 10.9 Å². The molecule has 3 aromatic rings. The van der Waals surface area contributed by atoms with E-state index in [1.807, 2.05) is 30.3 Å². The van der Waals surface area contributed by atoms with E-state index >= 15 is 0 Å². The van der Waals surface area contributed by atoms with Crippen LogP contribution in [0.2, 0.25) is 0 Å². The van der Waals surface area contributed by atoms with Gasteiger partial charge >= 0.3 is 0 Å². The van der Waals surface area contributed by atoms with Crippen molar-refractivity contribution in [3.8, 4) is 0 Å². The number of para-hydroxylation sites is 1. The fraction of sp³-hybridized carbons (Fsp3) is 0.167. The average molecular weight is 281 g/mol. The summed E-state index contributed by atoms with van der Waals surface area (Å²) < 4.78 is 13.8. The van der Waals surface area contributed by atoms with Crippen LogP contribution in [-0.2, 0) is 12.0 Å². The number of pyridine rings is 1. The number of halogens is 1. The topological polar surface area (TPSA) is 33.1 Å². The number of fused-ring (bicyclic) bond motifs is 1. The van der Waals surface area contributed by atoms with Crippen LogP contribution in [0.3, 0.4) is 0 Å². The van der Waals surface area contributed by atoms with E-state index in [1.165, 1.54) is 6.07 Å². The van der Waals surface area contributed by atoms with Gasteiger partial charge in [-0.1, -0.05) is 36.4 Å². The Kier molecular flexibility index (Phi) is 3.43. The van der Waals surface area contributed by atoms with E-state index < -0.39 is 5.60 Å². The number of benzene rings is 2. The molecule has 2 aromatic carbocycles. The van der Waals surface area contributed by atoms with Crippen molar-refractivity contribution in [2.75, 3.05) is 0 Å². The SMILES string of the molecule is CC(O)(Cc1ccccc1F)c1cnc2ccccc2c1. The first-order chi connectivity index (χ1) is 10.1. The Morgan fingerprint density at radius 3 is 2.62 bits per heavy atom. The number of nitrogens with zero attached hydrogens (tertiary/aromatic N) is 1. The quantitative estimate of drug-likeness (QED) is 0.791. The summed E-state index contributed by atoms with van der Waals surface area (Å²) in [7, 11) is 0. The molecule has 0 radical (unpaired) electrons. The first-order valence-electron chi connectivity index (χ1n) is 6.87. The Labute approximate surface area is 122 Å². The lowest BCUT2D eigenvalue weighted by Crippen LogP contribution is -2.25. The standard InChI is InChI=1S/C18H16FNO/c1-18(21,11-14-7-2-4-8-16(14)19)15-10-13-6-3-5-9-17(13)20-12-15/h2-10,12,21H,11H2,1H3. The molecule has 0 saturated heterocycles. The maximum atomic E-state index is 13.8. The van der Waals surface area contributed by atoms with Crippen molar-refractivity contribution in [1.82, 2.24) is 4.98 Å². The van der Waals surface area contributed by atoms with Crippen LogP contribution in [0, 0.1) is 5.82 Å². The number of hydrogen-bond donors (Lipinski definition) is 1. The van der Waals surface area contributed by atoms with E-state index in [1.54, 1.807) is 31.3 Å². The fourth-order valence-corrected chi connectivity index (χ4v) is 2.48. The molecule has 2 nitrogen and oxygen atoms in total. The van der Waals surface area contributed by atoms with Gasteiger partial charge in [0.1, 0.15) is 5.82 Å². The van der Waals surface area contributed by atoms with Gasteiger partial charge in [0.2, 0.25) is 0 Å². The van der Waals surface area contributed by atoms with Crippen molar-refractivity contribution in [2.24, 2.45) is 0 Å². The van der Waals surface area contributed by atoms with Crippen molar-refractivity contribution >= 4 is 10.9 Å². The van der Waals surface area contributed by atoms with Crippen molar-refractivity contribution in [3.05, 3.63) is 77.7 Å². The third-order valence-electron chi connectivity index (χ3n) is 3.70. The van der Waals surface area contributed by atoms with Gasteiger partial charge in [-0.05, 0) is 30.7 Å². The molecule has 1 aromatic heterocycles. The zero-order valence-corrected chi connectivity index (χ0v) is 11.8. The lowest BCUT2D eigenvalue weighted by molar-refractivity contribution is 0.0565. The largest absolute Gasteiger partial charge is 0.385 e. The van der Waals surface area contributed by atoms with Crippen LogP contribution in [0.15, 0.2) is 60.8 Å². The average Bonchev–Trinajstić information content (AvgIpc) is 2.49. The summed E-state index contributed by atoms with van der Waals surface area (Å²) in [5, 5.41) is 11.7. The van der Waals surface area contributed by atoms with Crippen LogP contribution in [-0.4, -0.2) is 10.1 Å².